The summed E-state index contributed by atoms with van der Waals surface area (Å²) in [5.41, 5.74) is 3.67. The number of hydrogen-bond donors (Lipinski definition) is 3. The predicted molar refractivity (Wildman–Crippen MR) is 114 cm³/mol. The molecule has 0 atom stereocenters. The molecule has 3 rings (SSSR count). The van der Waals surface area contributed by atoms with Gasteiger partial charge >= 0.3 is 0 Å². The molecule has 2 aromatic carbocycles. The number of benzene rings is 2. The Labute approximate surface area is 165 Å². The van der Waals surface area contributed by atoms with Crippen LogP contribution in [0.1, 0.15) is 24.6 Å². The van der Waals surface area contributed by atoms with Crippen molar-refractivity contribution < 1.29 is 4.79 Å². The van der Waals surface area contributed by atoms with Crippen LogP contribution >= 0.6 is 0 Å². The van der Waals surface area contributed by atoms with E-state index < -0.39 is 0 Å². The van der Waals surface area contributed by atoms with Crippen molar-refractivity contribution in [1.82, 2.24) is 9.97 Å². The van der Waals surface area contributed by atoms with E-state index in [0.29, 0.717) is 12.4 Å². The topological polar surface area (TPSA) is 78.9 Å². The molecule has 3 aromatic rings. The van der Waals surface area contributed by atoms with Crippen LogP contribution in [0, 0.1) is 6.92 Å². The van der Waals surface area contributed by atoms with Crippen LogP contribution in [0.2, 0.25) is 0 Å². The summed E-state index contributed by atoms with van der Waals surface area (Å²) in [6.45, 7) is 4.76. The summed E-state index contributed by atoms with van der Waals surface area (Å²) in [5, 5.41) is 9.32. The fraction of sp³-hybridized carbons (Fsp3) is 0.227. The number of nitrogens with zero attached hydrogens (tertiary/aromatic N) is 2. The van der Waals surface area contributed by atoms with Crippen LogP contribution in [-0.2, 0) is 11.2 Å². The zero-order chi connectivity index (χ0) is 19.8. The van der Waals surface area contributed by atoms with Gasteiger partial charge in [0.1, 0.15) is 5.82 Å². The highest BCUT2D eigenvalue weighted by Gasteiger charge is 2.05. The van der Waals surface area contributed by atoms with Gasteiger partial charge in [0.25, 0.3) is 0 Å². The molecule has 6 heteroatoms. The van der Waals surface area contributed by atoms with Crippen molar-refractivity contribution in [3.8, 4) is 0 Å². The standard InChI is InChI=1S/C22H25N5O/c1-3-23-20-15-16(2)24-22(27-20)26-19-12-10-18(11-13-19)25-21(28)14-9-17-7-5-4-6-8-17/h4-8,10-13,15H,3,9,14H2,1-2H3,(H,25,28)(H2,23,24,26,27). The lowest BCUT2D eigenvalue weighted by molar-refractivity contribution is -0.116. The molecule has 0 aliphatic heterocycles. The zero-order valence-electron chi connectivity index (χ0n) is 16.2. The monoisotopic (exact) mass is 375 g/mol. The molecule has 0 aliphatic rings. The summed E-state index contributed by atoms with van der Waals surface area (Å²) in [6, 6.07) is 19.4. The molecule has 3 N–H and O–H groups in total. The van der Waals surface area contributed by atoms with Crippen LogP contribution in [0.25, 0.3) is 0 Å². The number of aryl methyl sites for hydroxylation is 2. The number of rotatable bonds is 8. The third kappa shape index (κ3) is 5.81. The summed E-state index contributed by atoms with van der Waals surface area (Å²) in [4.78, 5) is 21.0. The fourth-order valence-electron chi connectivity index (χ4n) is 2.79. The van der Waals surface area contributed by atoms with E-state index in [1.165, 1.54) is 0 Å². The second-order valence-electron chi connectivity index (χ2n) is 6.48. The predicted octanol–water partition coefficient (Wildman–Crippen LogP) is 4.53. The molecule has 1 heterocycles. The Hall–Kier alpha value is -3.41. The lowest BCUT2D eigenvalue weighted by atomic mass is 10.1. The highest BCUT2D eigenvalue weighted by Crippen LogP contribution is 2.18. The summed E-state index contributed by atoms with van der Waals surface area (Å²) in [6.07, 6.45) is 1.18. The van der Waals surface area contributed by atoms with Crippen LogP contribution in [0.4, 0.5) is 23.1 Å². The number of hydrogen-bond acceptors (Lipinski definition) is 5. The number of anilines is 4. The highest BCUT2D eigenvalue weighted by atomic mass is 16.1. The first kappa shape index (κ1) is 19.4. The van der Waals surface area contributed by atoms with Gasteiger partial charge in [-0.25, -0.2) is 4.98 Å². The van der Waals surface area contributed by atoms with Crippen LogP contribution < -0.4 is 16.0 Å². The Bertz CT molecular complexity index is 910. The quantitative estimate of drug-likeness (QED) is 0.539. The number of carbonyl (C=O) groups excluding carboxylic acids is 1. The van der Waals surface area contributed by atoms with Gasteiger partial charge in [0.15, 0.2) is 0 Å². The van der Waals surface area contributed by atoms with E-state index >= 15 is 0 Å². The molecule has 0 bridgehead atoms. The number of carbonyl (C=O) groups is 1. The van der Waals surface area contributed by atoms with Crippen molar-refractivity contribution in [3.63, 3.8) is 0 Å². The van der Waals surface area contributed by atoms with E-state index in [2.05, 4.69) is 25.9 Å². The SMILES string of the molecule is CCNc1cc(C)nc(Nc2ccc(NC(=O)CCc3ccccc3)cc2)n1. The maximum Gasteiger partial charge on any atom is 0.229 e. The van der Waals surface area contributed by atoms with Gasteiger partial charge < -0.3 is 16.0 Å². The van der Waals surface area contributed by atoms with Crippen LogP contribution in [0.5, 0.6) is 0 Å². The first-order chi connectivity index (χ1) is 13.6. The normalized spacial score (nSPS) is 10.4. The Balaban J connectivity index is 1.55. The van der Waals surface area contributed by atoms with Crippen molar-refractivity contribution in [1.29, 1.82) is 0 Å². The van der Waals surface area contributed by atoms with Gasteiger partial charge in [-0.05, 0) is 50.1 Å². The second-order valence-corrected chi connectivity index (χ2v) is 6.48. The average Bonchev–Trinajstić information content (AvgIpc) is 2.69. The van der Waals surface area contributed by atoms with Gasteiger partial charge in [0, 0.05) is 36.1 Å². The summed E-state index contributed by atoms with van der Waals surface area (Å²) >= 11 is 0. The minimum atomic E-state index is 0.00172. The van der Waals surface area contributed by atoms with Crippen molar-refractivity contribution >= 4 is 29.0 Å². The zero-order valence-corrected chi connectivity index (χ0v) is 16.2. The molecular weight excluding hydrogens is 350 g/mol. The van der Waals surface area contributed by atoms with E-state index in [-0.39, 0.29) is 5.91 Å². The Kier molecular flexibility index (Phi) is 6.57. The third-order valence-electron chi connectivity index (χ3n) is 4.12. The summed E-state index contributed by atoms with van der Waals surface area (Å²) in [7, 11) is 0. The molecule has 28 heavy (non-hydrogen) atoms. The molecule has 1 aromatic heterocycles. The summed E-state index contributed by atoms with van der Waals surface area (Å²) in [5.74, 6) is 1.33. The van der Waals surface area contributed by atoms with Gasteiger partial charge in [-0.1, -0.05) is 30.3 Å². The molecule has 0 radical (unpaired) electrons. The third-order valence-corrected chi connectivity index (χ3v) is 4.12. The lowest BCUT2D eigenvalue weighted by Gasteiger charge is -2.10. The molecule has 0 saturated carbocycles. The maximum atomic E-state index is 12.1. The van der Waals surface area contributed by atoms with Crippen LogP contribution in [0.15, 0.2) is 60.7 Å². The van der Waals surface area contributed by atoms with E-state index in [9.17, 15) is 4.79 Å². The van der Waals surface area contributed by atoms with Gasteiger partial charge in [0.2, 0.25) is 11.9 Å². The van der Waals surface area contributed by atoms with Crippen molar-refractivity contribution in [3.05, 3.63) is 71.9 Å². The van der Waals surface area contributed by atoms with Gasteiger partial charge in [0.05, 0.1) is 0 Å². The average molecular weight is 375 g/mol. The molecule has 0 fully saturated rings. The molecule has 0 spiro atoms. The first-order valence-electron chi connectivity index (χ1n) is 9.43. The summed E-state index contributed by atoms with van der Waals surface area (Å²) < 4.78 is 0. The molecular formula is C22H25N5O. The highest BCUT2D eigenvalue weighted by molar-refractivity contribution is 5.91. The number of aromatic nitrogens is 2. The van der Waals surface area contributed by atoms with E-state index in [0.717, 1.165) is 41.4 Å². The smallest absolute Gasteiger partial charge is 0.229 e. The molecule has 6 nitrogen and oxygen atoms in total. The molecule has 144 valence electrons. The first-order valence-corrected chi connectivity index (χ1v) is 9.43. The van der Waals surface area contributed by atoms with E-state index in [1.807, 2.05) is 74.5 Å². The molecule has 1 amide bonds. The van der Waals surface area contributed by atoms with Crippen molar-refractivity contribution in [2.24, 2.45) is 0 Å². The Morgan fingerprint density at radius 1 is 0.964 bits per heavy atom. The minimum absolute atomic E-state index is 0.00172. The largest absolute Gasteiger partial charge is 0.370 e. The van der Waals surface area contributed by atoms with Gasteiger partial charge in [-0.2, -0.15) is 4.98 Å². The fourth-order valence-corrected chi connectivity index (χ4v) is 2.79. The lowest BCUT2D eigenvalue weighted by Crippen LogP contribution is -2.12. The molecule has 0 aliphatic carbocycles. The minimum Gasteiger partial charge on any atom is -0.370 e. The Morgan fingerprint density at radius 3 is 2.39 bits per heavy atom. The maximum absolute atomic E-state index is 12.1. The number of amides is 1. The number of nitrogens with one attached hydrogen (secondary N) is 3. The van der Waals surface area contributed by atoms with Crippen molar-refractivity contribution in [2.75, 3.05) is 22.5 Å². The Morgan fingerprint density at radius 2 is 1.68 bits per heavy atom. The van der Waals surface area contributed by atoms with Gasteiger partial charge in [-0.3, -0.25) is 4.79 Å². The van der Waals surface area contributed by atoms with E-state index in [4.69, 9.17) is 0 Å². The van der Waals surface area contributed by atoms with Crippen LogP contribution in [-0.4, -0.2) is 22.4 Å². The molecule has 0 unspecified atom stereocenters. The second kappa shape index (κ2) is 9.50. The van der Waals surface area contributed by atoms with Gasteiger partial charge in [-0.15, -0.1) is 0 Å². The molecule has 0 saturated heterocycles. The van der Waals surface area contributed by atoms with Crippen LogP contribution in [0.3, 0.4) is 0 Å². The van der Waals surface area contributed by atoms with E-state index in [1.54, 1.807) is 0 Å². The van der Waals surface area contributed by atoms with Crippen molar-refractivity contribution in [2.45, 2.75) is 26.7 Å².